The number of nitrogens with zero attached hydrogens (tertiary/aromatic N) is 2. The third kappa shape index (κ3) is 2.26. The third-order valence-electron chi connectivity index (χ3n) is 4.31. The Morgan fingerprint density at radius 2 is 2.12 bits per heavy atom. The highest BCUT2D eigenvalue weighted by atomic mass is 32.2. The summed E-state index contributed by atoms with van der Waals surface area (Å²) in [4.78, 5) is 5.11. The van der Waals surface area contributed by atoms with Crippen molar-refractivity contribution in [2.75, 3.05) is 39.0 Å². The molecule has 0 saturated carbocycles. The van der Waals surface area contributed by atoms with Crippen LogP contribution in [0, 0.1) is 0 Å². The first-order valence-corrected chi connectivity index (χ1v) is 7.39. The first kappa shape index (κ1) is 12.7. The number of nitrogens with two attached hydrogens (primary N) is 1. The second-order valence-corrected chi connectivity index (χ2v) is 6.96. The van der Waals surface area contributed by atoms with Crippen molar-refractivity contribution in [3.63, 3.8) is 0 Å². The summed E-state index contributed by atoms with van der Waals surface area (Å²) in [5.41, 5.74) is 6.36. The zero-order valence-electron chi connectivity index (χ0n) is 10.8. The van der Waals surface area contributed by atoms with Crippen molar-refractivity contribution in [1.82, 2.24) is 9.80 Å². The van der Waals surface area contributed by atoms with Crippen LogP contribution in [-0.4, -0.2) is 65.6 Å². The van der Waals surface area contributed by atoms with Gasteiger partial charge in [-0.2, -0.15) is 11.8 Å². The molecule has 2 saturated heterocycles. The average molecular weight is 243 g/mol. The number of hydrogen-bond acceptors (Lipinski definition) is 4. The zero-order chi connectivity index (χ0) is 11.8. The van der Waals surface area contributed by atoms with Gasteiger partial charge in [0.25, 0.3) is 0 Å². The van der Waals surface area contributed by atoms with Gasteiger partial charge >= 0.3 is 0 Å². The van der Waals surface area contributed by atoms with Crippen LogP contribution in [0.3, 0.4) is 0 Å². The number of thioether (sulfide) groups is 1. The number of piperazine rings is 1. The normalized spacial score (nSPS) is 42.8. The van der Waals surface area contributed by atoms with Gasteiger partial charge in [-0.15, -0.1) is 0 Å². The Labute approximate surface area is 104 Å². The predicted octanol–water partition coefficient (Wildman–Crippen LogP) is 0.845. The minimum absolute atomic E-state index is 0.291. The van der Waals surface area contributed by atoms with E-state index >= 15 is 0 Å². The molecule has 3 atom stereocenters. The fourth-order valence-corrected chi connectivity index (χ4v) is 4.36. The maximum Gasteiger partial charge on any atom is 0.0433 e. The Bertz CT molecular complexity index is 248. The Balaban J connectivity index is 2.05. The van der Waals surface area contributed by atoms with E-state index in [1.54, 1.807) is 0 Å². The van der Waals surface area contributed by atoms with E-state index in [9.17, 15) is 0 Å². The van der Waals surface area contributed by atoms with E-state index in [-0.39, 0.29) is 0 Å². The van der Waals surface area contributed by atoms with Crippen LogP contribution < -0.4 is 5.73 Å². The highest BCUT2D eigenvalue weighted by molar-refractivity contribution is 8.00. The van der Waals surface area contributed by atoms with Crippen LogP contribution in [0.1, 0.15) is 20.3 Å². The summed E-state index contributed by atoms with van der Waals surface area (Å²) >= 11 is 2.09. The molecule has 0 aromatic rings. The zero-order valence-corrected chi connectivity index (χ0v) is 11.6. The van der Waals surface area contributed by atoms with E-state index in [2.05, 4.69) is 42.5 Å². The van der Waals surface area contributed by atoms with E-state index in [0.717, 1.165) is 11.8 Å². The first-order valence-electron chi connectivity index (χ1n) is 6.34. The van der Waals surface area contributed by atoms with Crippen LogP contribution in [-0.2, 0) is 0 Å². The highest BCUT2D eigenvalue weighted by Gasteiger charge is 2.43. The quantitative estimate of drug-likeness (QED) is 0.779. The van der Waals surface area contributed by atoms with Crippen LogP contribution in [0.4, 0.5) is 0 Å². The van der Waals surface area contributed by atoms with Gasteiger partial charge < -0.3 is 10.6 Å². The Morgan fingerprint density at radius 3 is 2.62 bits per heavy atom. The van der Waals surface area contributed by atoms with Crippen molar-refractivity contribution in [1.29, 1.82) is 0 Å². The molecule has 0 radical (unpaired) electrons. The molecule has 0 spiro atoms. The Hall–Kier alpha value is 0.230. The van der Waals surface area contributed by atoms with Crippen molar-refractivity contribution in [3.05, 3.63) is 0 Å². The summed E-state index contributed by atoms with van der Waals surface area (Å²) in [6, 6.07) is 0.665. The Kier molecular flexibility index (Phi) is 3.84. The maximum absolute atomic E-state index is 6.07. The van der Waals surface area contributed by atoms with Crippen molar-refractivity contribution in [2.24, 2.45) is 5.73 Å². The van der Waals surface area contributed by atoms with Crippen LogP contribution in [0.25, 0.3) is 0 Å². The molecule has 0 aliphatic carbocycles. The molecule has 2 N–H and O–H groups in total. The topological polar surface area (TPSA) is 32.5 Å². The van der Waals surface area contributed by atoms with Gasteiger partial charge in [0.2, 0.25) is 0 Å². The molecule has 0 aromatic carbocycles. The molecule has 2 heterocycles. The molecule has 94 valence electrons. The average Bonchev–Trinajstić information content (AvgIpc) is 2.65. The number of rotatable bonds is 2. The monoisotopic (exact) mass is 243 g/mol. The van der Waals surface area contributed by atoms with Crippen LogP contribution in [0.15, 0.2) is 0 Å². The molecule has 16 heavy (non-hydrogen) atoms. The number of hydrogen-bond donors (Lipinski definition) is 1. The van der Waals surface area contributed by atoms with Crippen LogP contribution >= 0.6 is 11.8 Å². The minimum Gasteiger partial charge on any atom is -0.329 e. The lowest BCUT2D eigenvalue weighted by molar-refractivity contribution is 0.0293. The Morgan fingerprint density at radius 1 is 1.38 bits per heavy atom. The summed E-state index contributed by atoms with van der Waals surface area (Å²) < 4.78 is 0. The predicted molar refractivity (Wildman–Crippen MR) is 72.0 cm³/mol. The van der Waals surface area contributed by atoms with Crippen molar-refractivity contribution in [2.45, 2.75) is 37.1 Å². The van der Waals surface area contributed by atoms with E-state index in [4.69, 9.17) is 5.73 Å². The molecule has 0 aromatic heterocycles. The lowest BCUT2D eigenvalue weighted by atomic mass is 9.92. The van der Waals surface area contributed by atoms with Crippen molar-refractivity contribution >= 4 is 11.8 Å². The summed E-state index contributed by atoms with van der Waals surface area (Å²) in [5.74, 6) is 1.22. The summed E-state index contributed by atoms with van der Waals surface area (Å²) in [7, 11) is 2.23. The molecular weight excluding hydrogens is 218 g/mol. The van der Waals surface area contributed by atoms with Gasteiger partial charge in [-0.25, -0.2) is 0 Å². The number of likely N-dealkylation sites (N-methyl/N-ethyl adjacent to an activating group) is 1. The van der Waals surface area contributed by atoms with Crippen molar-refractivity contribution < 1.29 is 0 Å². The van der Waals surface area contributed by atoms with Gasteiger partial charge in [-0.05, 0) is 20.4 Å². The molecule has 0 bridgehead atoms. The SMILES string of the molecule is CC1CC(CN)(N2CCN(C)C(C)C2)CS1. The minimum atomic E-state index is 0.291. The van der Waals surface area contributed by atoms with Gasteiger partial charge in [-0.1, -0.05) is 6.92 Å². The second-order valence-electron chi connectivity index (χ2n) is 5.53. The molecule has 2 aliphatic rings. The summed E-state index contributed by atoms with van der Waals surface area (Å²) in [6.45, 7) is 9.03. The molecule has 2 fully saturated rings. The van der Waals surface area contributed by atoms with Gasteiger partial charge in [0.15, 0.2) is 0 Å². The molecule has 4 heteroatoms. The second kappa shape index (κ2) is 4.84. The van der Waals surface area contributed by atoms with Crippen LogP contribution in [0.5, 0.6) is 0 Å². The van der Waals surface area contributed by atoms with Gasteiger partial charge in [0.1, 0.15) is 0 Å². The lowest BCUT2D eigenvalue weighted by Crippen LogP contribution is -2.62. The summed E-state index contributed by atoms with van der Waals surface area (Å²) in [5, 5.41) is 0.776. The molecule has 3 unspecified atom stereocenters. The highest BCUT2D eigenvalue weighted by Crippen LogP contribution is 2.38. The molecule has 2 rings (SSSR count). The fourth-order valence-electron chi connectivity index (χ4n) is 2.92. The third-order valence-corrected chi connectivity index (χ3v) is 5.75. The molecule has 3 nitrogen and oxygen atoms in total. The van der Waals surface area contributed by atoms with Gasteiger partial charge in [-0.3, -0.25) is 4.90 Å². The smallest absolute Gasteiger partial charge is 0.0433 e. The summed E-state index contributed by atoms with van der Waals surface area (Å²) in [6.07, 6.45) is 1.27. The fraction of sp³-hybridized carbons (Fsp3) is 1.00. The molecule has 0 amide bonds. The van der Waals surface area contributed by atoms with E-state index in [1.807, 2.05) is 0 Å². The van der Waals surface area contributed by atoms with E-state index in [1.165, 1.54) is 31.8 Å². The standard InChI is InChI=1S/C12H25N3S/c1-10-7-15(5-4-14(10)3)12(8-13)6-11(2)16-9-12/h10-11H,4-9,13H2,1-3H3. The van der Waals surface area contributed by atoms with Gasteiger partial charge in [0.05, 0.1) is 0 Å². The van der Waals surface area contributed by atoms with Crippen molar-refractivity contribution in [3.8, 4) is 0 Å². The lowest BCUT2D eigenvalue weighted by Gasteiger charge is -2.47. The first-order chi connectivity index (χ1) is 7.57. The van der Waals surface area contributed by atoms with Crippen LogP contribution in [0.2, 0.25) is 0 Å². The maximum atomic E-state index is 6.07. The molecule has 2 aliphatic heterocycles. The van der Waals surface area contributed by atoms with E-state index < -0.39 is 0 Å². The van der Waals surface area contributed by atoms with Gasteiger partial charge in [0, 0.05) is 48.8 Å². The van der Waals surface area contributed by atoms with E-state index in [0.29, 0.717) is 11.6 Å². The molecular formula is C12H25N3S. The largest absolute Gasteiger partial charge is 0.329 e.